The van der Waals surface area contributed by atoms with Crippen LogP contribution in [0.3, 0.4) is 0 Å². The van der Waals surface area contributed by atoms with Gasteiger partial charge >= 0.3 is 0 Å². The largest absolute Gasteiger partial charge is 0.508 e. The van der Waals surface area contributed by atoms with Crippen LogP contribution >= 0.6 is 0 Å². The van der Waals surface area contributed by atoms with Crippen LogP contribution in [0.5, 0.6) is 5.75 Å². The maximum absolute atomic E-state index is 12.2. The molecule has 2 aliphatic carbocycles. The molecule has 18 heavy (non-hydrogen) atoms. The number of hydrogen-bond acceptors (Lipinski definition) is 2. The quantitative estimate of drug-likeness (QED) is 0.764. The van der Waals surface area contributed by atoms with E-state index in [2.05, 4.69) is 5.92 Å². The predicted octanol–water partition coefficient (Wildman–Crippen LogP) is 2.78. The number of allylic oxidation sites excluding steroid dienone is 2. The number of carbonyl (C=O) groups is 1. The molecule has 1 N–H and O–H groups in total. The van der Waals surface area contributed by atoms with E-state index in [4.69, 9.17) is 6.42 Å². The lowest BCUT2D eigenvalue weighted by molar-refractivity contribution is -0.118. The number of phenolic OH excluding ortho intramolecular Hbond substituents is 1. The van der Waals surface area contributed by atoms with Crippen molar-refractivity contribution in [2.75, 3.05) is 0 Å². The van der Waals surface area contributed by atoms with Crippen LogP contribution in [0.2, 0.25) is 0 Å². The first-order valence-electron chi connectivity index (χ1n) is 6.26. The van der Waals surface area contributed by atoms with Crippen LogP contribution in [0.25, 0.3) is 5.57 Å². The predicted molar refractivity (Wildman–Crippen MR) is 69.7 cm³/mol. The molecule has 1 aromatic carbocycles. The van der Waals surface area contributed by atoms with Crippen molar-refractivity contribution in [2.45, 2.75) is 19.3 Å². The number of phenols is 1. The van der Waals surface area contributed by atoms with Crippen LogP contribution in [0.4, 0.5) is 0 Å². The number of Topliss-reactive ketones (excluding diaryl/α,β-unsaturated/α-hetero) is 1. The standard InChI is InChI=1S/C16H14O2/c1-2-12-15(10-6-8-11(17)9-7-10)13-4-3-5-14(13)16(12)18/h1,6-9,13-14,17H,3-5H2. The van der Waals surface area contributed by atoms with Crippen LogP contribution in [-0.4, -0.2) is 10.9 Å². The summed E-state index contributed by atoms with van der Waals surface area (Å²) in [7, 11) is 0. The molecule has 2 heteroatoms. The molecule has 0 spiro atoms. The van der Waals surface area contributed by atoms with Gasteiger partial charge in [0.25, 0.3) is 0 Å². The second-order valence-electron chi connectivity index (χ2n) is 4.99. The van der Waals surface area contributed by atoms with Crippen LogP contribution in [0.15, 0.2) is 29.8 Å². The Morgan fingerprint density at radius 1 is 1.17 bits per heavy atom. The molecule has 0 saturated heterocycles. The van der Waals surface area contributed by atoms with Crippen LogP contribution in [0.1, 0.15) is 24.8 Å². The minimum atomic E-state index is 0.0971. The van der Waals surface area contributed by atoms with Gasteiger partial charge in [-0.1, -0.05) is 24.5 Å². The monoisotopic (exact) mass is 238 g/mol. The van der Waals surface area contributed by atoms with Gasteiger partial charge in [-0.2, -0.15) is 0 Å². The molecule has 90 valence electrons. The Hall–Kier alpha value is -2.01. The van der Waals surface area contributed by atoms with Gasteiger partial charge in [0, 0.05) is 5.92 Å². The second-order valence-corrected chi connectivity index (χ2v) is 4.99. The highest BCUT2D eigenvalue weighted by atomic mass is 16.3. The molecule has 0 heterocycles. The van der Waals surface area contributed by atoms with E-state index in [-0.39, 0.29) is 23.4 Å². The molecule has 3 rings (SSSR count). The number of aromatic hydroxyl groups is 1. The highest BCUT2D eigenvalue weighted by molar-refractivity contribution is 6.13. The Morgan fingerprint density at radius 3 is 2.50 bits per heavy atom. The highest BCUT2D eigenvalue weighted by Gasteiger charge is 2.44. The topological polar surface area (TPSA) is 37.3 Å². The molecule has 0 aliphatic heterocycles. The summed E-state index contributed by atoms with van der Waals surface area (Å²) in [6.45, 7) is 0. The van der Waals surface area contributed by atoms with Gasteiger partial charge in [-0.3, -0.25) is 4.79 Å². The molecule has 0 amide bonds. The van der Waals surface area contributed by atoms with E-state index >= 15 is 0 Å². The Balaban J connectivity index is 2.13. The summed E-state index contributed by atoms with van der Waals surface area (Å²) in [4.78, 5) is 12.2. The summed E-state index contributed by atoms with van der Waals surface area (Å²) >= 11 is 0. The number of hydrogen-bond donors (Lipinski definition) is 1. The number of rotatable bonds is 1. The first kappa shape index (κ1) is 11.1. The number of carbonyl (C=O) groups excluding carboxylic acids is 1. The van der Waals surface area contributed by atoms with Gasteiger partial charge in [0.2, 0.25) is 0 Å². The third-order valence-corrected chi connectivity index (χ3v) is 4.06. The first-order valence-corrected chi connectivity index (χ1v) is 6.26. The fourth-order valence-corrected chi connectivity index (χ4v) is 3.27. The molecule has 2 atom stereocenters. The summed E-state index contributed by atoms with van der Waals surface area (Å²) in [5.74, 6) is 3.33. The minimum absolute atomic E-state index is 0.0971. The molecule has 0 aromatic heterocycles. The Kier molecular flexibility index (Phi) is 2.48. The van der Waals surface area contributed by atoms with E-state index in [0.29, 0.717) is 5.57 Å². The highest BCUT2D eigenvalue weighted by Crippen LogP contribution is 2.49. The molecule has 2 aliphatic rings. The number of ketones is 1. The molecule has 2 unspecified atom stereocenters. The summed E-state index contributed by atoms with van der Waals surface area (Å²) in [5, 5.41) is 9.34. The van der Waals surface area contributed by atoms with Crippen molar-refractivity contribution in [3.05, 3.63) is 35.4 Å². The van der Waals surface area contributed by atoms with Gasteiger partial charge in [-0.25, -0.2) is 0 Å². The van der Waals surface area contributed by atoms with Crippen molar-refractivity contribution >= 4 is 11.4 Å². The lowest BCUT2D eigenvalue weighted by atomic mass is 9.90. The zero-order valence-electron chi connectivity index (χ0n) is 10.0. The number of terminal acetylenes is 1. The molecular weight excluding hydrogens is 224 g/mol. The molecule has 2 nitrogen and oxygen atoms in total. The molecule has 1 saturated carbocycles. The van der Waals surface area contributed by atoms with Crippen LogP contribution in [0, 0.1) is 24.2 Å². The lowest BCUT2D eigenvalue weighted by Crippen LogP contribution is -2.11. The maximum atomic E-state index is 12.2. The number of benzene rings is 1. The van der Waals surface area contributed by atoms with Crippen LogP contribution in [-0.2, 0) is 4.79 Å². The van der Waals surface area contributed by atoms with E-state index in [9.17, 15) is 9.90 Å². The number of fused-ring (bicyclic) bond motifs is 1. The minimum Gasteiger partial charge on any atom is -0.508 e. The zero-order valence-corrected chi connectivity index (χ0v) is 10.0. The van der Waals surface area contributed by atoms with E-state index in [0.717, 1.165) is 30.4 Å². The van der Waals surface area contributed by atoms with Gasteiger partial charge in [-0.15, -0.1) is 6.42 Å². The maximum Gasteiger partial charge on any atom is 0.175 e. The third-order valence-electron chi connectivity index (χ3n) is 4.06. The van der Waals surface area contributed by atoms with E-state index in [1.54, 1.807) is 12.1 Å². The van der Waals surface area contributed by atoms with Crippen molar-refractivity contribution in [1.29, 1.82) is 0 Å². The first-order chi connectivity index (χ1) is 8.72. The molecule has 0 bridgehead atoms. The average Bonchev–Trinajstić information content (AvgIpc) is 2.93. The molecule has 0 radical (unpaired) electrons. The Bertz CT molecular complexity index is 572. The SMILES string of the molecule is C#CC1=C(c2ccc(O)cc2)C2CCCC2C1=O. The smallest absolute Gasteiger partial charge is 0.175 e. The average molecular weight is 238 g/mol. The van der Waals surface area contributed by atoms with E-state index in [1.807, 2.05) is 12.1 Å². The van der Waals surface area contributed by atoms with E-state index < -0.39 is 0 Å². The Morgan fingerprint density at radius 2 is 1.83 bits per heavy atom. The van der Waals surface area contributed by atoms with Gasteiger partial charge in [0.15, 0.2) is 5.78 Å². The zero-order chi connectivity index (χ0) is 12.7. The second kappa shape index (κ2) is 4.03. The third kappa shape index (κ3) is 1.48. The van der Waals surface area contributed by atoms with Gasteiger partial charge in [-0.05, 0) is 42.0 Å². The van der Waals surface area contributed by atoms with Crippen molar-refractivity contribution < 1.29 is 9.90 Å². The summed E-state index contributed by atoms with van der Waals surface area (Å²) in [6.07, 6.45) is 8.60. The molecule has 1 aromatic rings. The summed E-state index contributed by atoms with van der Waals surface area (Å²) < 4.78 is 0. The van der Waals surface area contributed by atoms with Crippen LogP contribution < -0.4 is 0 Å². The fourth-order valence-electron chi connectivity index (χ4n) is 3.27. The summed E-state index contributed by atoms with van der Waals surface area (Å²) in [5.41, 5.74) is 2.55. The summed E-state index contributed by atoms with van der Waals surface area (Å²) in [6, 6.07) is 6.97. The van der Waals surface area contributed by atoms with Gasteiger partial charge < -0.3 is 5.11 Å². The molecular formula is C16H14O2. The lowest BCUT2D eigenvalue weighted by Gasteiger charge is -2.13. The van der Waals surface area contributed by atoms with E-state index in [1.165, 1.54) is 0 Å². The van der Waals surface area contributed by atoms with Crippen molar-refractivity contribution in [3.63, 3.8) is 0 Å². The molecule has 1 fully saturated rings. The fraction of sp³-hybridized carbons (Fsp3) is 0.312. The Labute approximate surface area is 106 Å². The van der Waals surface area contributed by atoms with Gasteiger partial charge in [0.1, 0.15) is 5.75 Å². The van der Waals surface area contributed by atoms with Crippen molar-refractivity contribution in [1.82, 2.24) is 0 Å². The van der Waals surface area contributed by atoms with Gasteiger partial charge in [0.05, 0.1) is 5.57 Å². The van der Waals surface area contributed by atoms with Crippen molar-refractivity contribution in [2.24, 2.45) is 11.8 Å². The van der Waals surface area contributed by atoms with Crippen molar-refractivity contribution in [3.8, 4) is 18.1 Å². The normalized spacial score (nSPS) is 26.3.